The second-order valence-electron chi connectivity index (χ2n) is 15.5. The first-order valence-corrected chi connectivity index (χ1v) is 21.7. The second kappa shape index (κ2) is 22.1. The molecule has 6 amide bonds. The van der Waals surface area contributed by atoms with Crippen LogP contribution in [0.15, 0.2) is 70.8 Å². The van der Waals surface area contributed by atoms with Gasteiger partial charge in [-0.3, -0.25) is 28.8 Å². The number of nitrogens with zero attached hydrogens (tertiary/aromatic N) is 1. The number of amides is 6. The van der Waals surface area contributed by atoms with E-state index in [1.807, 2.05) is 13.8 Å². The summed E-state index contributed by atoms with van der Waals surface area (Å²) in [5.41, 5.74) is 5.77. The molecule has 1 aromatic carbocycles. The third kappa shape index (κ3) is 13.6. The SMILES string of the molecule is CCCC(NC(=O)[C@@H]1C[C@@H](CNS(=O)(=O)c2ccccc2)CN1C(=O)[C@@H](NC(=O)OCC(C)C)C1CCCCC1)C(=O)C(=O)NCC(=O)NC(C(N)=O)=C1C=CC=CC1. The lowest BCUT2D eigenvalue weighted by atomic mass is 9.83. The lowest BCUT2D eigenvalue weighted by Gasteiger charge is -2.34. The summed E-state index contributed by atoms with van der Waals surface area (Å²) in [4.78, 5) is 94.3. The standard InChI is InChI=1S/C41H57N7O10S/c1-4-14-31(36(50)39(53)43-23-33(49)46-34(37(42)51)28-15-8-5-9-16-28)45-38(52)32-21-27(22-44-59(56,57)30-19-12-7-13-20-30)24-48(32)40(54)35(29-17-10-6-11-18-29)47-41(55)58-25-26(2)3/h5,7-9,12-13,15,19-20,26-27,29,31-32,35,44H,4,6,10-11,14,16-18,21-25H2,1-3H3,(H2,42,51)(H,43,53)(H,45,52)(H,46,49)(H,47,55)/t27-,31?,32-,35-/m0/s1. The second-order valence-corrected chi connectivity index (χ2v) is 17.3. The smallest absolute Gasteiger partial charge is 0.407 e. The largest absolute Gasteiger partial charge is 0.449 e. The number of hydrogen-bond donors (Lipinski definition) is 6. The zero-order chi connectivity index (χ0) is 43.1. The minimum absolute atomic E-state index is 0.00610. The minimum atomic E-state index is -3.94. The number of primary amides is 1. The number of carbonyl (C=O) groups is 7. The van der Waals surface area contributed by atoms with Crippen molar-refractivity contribution in [3.63, 3.8) is 0 Å². The van der Waals surface area contributed by atoms with Crippen molar-refractivity contribution >= 4 is 51.4 Å². The van der Waals surface area contributed by atoms with E-state index in [4.69, 9.17) is 10.5 Å². The number of sulfonamides is 1. The molecule has 0 bridgehead atoms. The summed E-state index contributed by atoms with van der Waals surface area (Å²) < 4.78 is 34.2. The van der Waals surface area contributed by atoms with Crippen LogP contribution in [-0.4, -0.2) is 99.1 Å². The number of carbonyl (C=O) groups excluding carboxylic acids is 7. The Morgan fingerprint density at radius 1 is 0.966 bits per heavy atom. The lowest BCUT2D eigenvalue weighted by Crippen LogP contribution is -2.58. The van der Waals surface area contributed by atoms with E-state index in [1.165, 1.54) is 17.0 Å². The first-order valence-electron chi connectivity index (χ1n) is 20.2. The van der Waals surface area contributed by atoms with Crippen LogP contribution in [0.25, 0.3) is 0 Å². The molecule has 1 aliphatic heterocycles. The van der Waals surface area contributed by atoms with Gasteiger partial charge in [-0.15, -0.1) is 0 Å². The van der Waals surface area contributed by atoms with Crippen LogP contribution in [0.1, 0.15) is 78.6 Å². The highest BCUT2D eigenvalue weighted by Crippen LogP contribution is 2.31. The average molecular weight is 840 g/mol. The Morgan fingerprint density at radius 2 is 1.68 bits per heavy atom. The van der Waals surface area contributed by atoms with E-state index in [-0.39, 0.29) is 55.0 Å². The van der Waals surface area contributed by atoms with Gasteiger partial charge in [-0.05, 0) is 67.6 Å². The minimum Gasteiger partial charge on any atom is -0.449 e. The molecule has 1 aromatic rings. The number of rotatable bonds is 19. The quantitative estimate of drug-likeness (QED) is 0.0871. The van der Waals surface area contributed by atoms with Crippen molar-refractivity contribution in [2.75, 3.05) is 26.2 Å². The number of benzene rings is 1. The molecule has 1 saturated carbocycles. The maximum atomic E-state index is 14.6. The van der Waals surface area contributed by atoms with Crippen molar-refractivity contribution in [1.82, 2.24) is 30.9 Å². The summed E-state index contributed by atoms with van der Waals surface area (Å²) in [5.74, 6) is -5.94. The van der Waals surface area contributed by atoms with Gasteiger partial charge in [-0.1, -0.05) is 89.0 Å². The van der Waals surface area contributed by atoms with Gasteiger partial charge < -0.3 is 36.6 Å². The molecule has 2 aliphatic carbocycles. The van der Waals surface area contributed by atoms with Gasteiger partial charge >= 0.3 is 6.09 Å². The van der Waals surface area contributed by atoms with E-state index in [0.29, 0.717) is 31.3 Å². The Kier molecular flexibility index (Phi) is 17.4. The van der Waals surface area contributed by atoms with Gasteiger partial charge in [-0.2, -0.15) is 0 Å². The fraction of sp³-hybridized carbons (Fsp3) is 0.537. The Labute approximate surface area is 345 Å². The van der Waals surface area contributed by atoms with Crippen molar-refractivity contribution in [2.45, 2.75) is 102 Å². The van der Waals surface area contributed by atoms with E-state index in [0.717, 1.165) is 19.3 Å². The molecular formula is C41H57N7O10S. The van der Waals surface area contributed by atoms with Crippen LogP contribution in [0.2, 0.25) is 0 Å². The molecule has 59 heavy (non-hydrogen) atoms. The van der Waals surface area contributed by atoms with Gasteiger partial charge in [0.25, 0.3) is 11.8 Å². The monoisotopic (exact) mass is 839 g/mol. The van der Waals surface area contributed by atoms with Gasteiger partial charge in [0.1, 0.15) is 17.8 Å². The molecule has 7 N–H and O–H groups in total. The summed E-state index contributed by atoms with van der Waals surface area (Å²) in [6.07, 6.45) is 10.8. The van der Waals surface area contributed by atoms with Crippen LogP contribution in [0.5, 0.6) is 0 Å². The fourth-order valence-electron chi connectivity index (χ4n) is 7.33. The molecule has 17 nitrogen and oxygen atoms in total. The van der Waals surface area contributed by atoms with E-state index in [9.17, 15) is 42.0 Å². The van der Waals surface area contributed by atoms with Crippen molar-refractivity contribution in [1.29, 1.82) is 0 Å². The molecular weight excluding hydrogens is 783 g/mol. The Balaban J connectivity index is 1.52. The first-order chi connectivity index (χ1) is 28.1. The van der Waals surface area contributed by atoms with E-state index in [1.54, 1.807) is 49.4 Å². The zero-order valence-electron chi connectivity index (χ0n) is 33.9. The number of hydrogen-bond acceptors (Lipinski definition) is 10. The van der Waals surface area contributed by atoms with Crippen LogP contribution >= 0.6 is 0 Å². The molecule has 18 heteroatoms. The summed E-state index contributed by atoms with van der Waals surface area (Å²) in [7, 11) is -3.94. The first kappa shape index (κ1) is 46.3. The summed E-state index contributed by atoms with van der Waals surface area (Å²) in [6.45, 7) is 4.78. The Bertz CT molecular complexity index is 1910. The average Bonchev–Trinajstić information content (AvgIpc) is 3.67. The number of alkyl carbamates (subject to hydrolysis) is 1. The van der Waals surface area contributed by atoms with Gasteiger partial charge in [0.15, 0.2) is 0 Å². The number of Topliss-reactive ketones (excluding diaryl/α,β-unsaturated/α-hetero) is 1. The number of nitrogens with two attached hydrogens (primary N) is 1. The molecule has 2 fully saturated rings. The molecule has 4 rings (SSSR count). The highest BCUT2D eigenvalue weighted by atomic mass is 32.2. The number of nitrogens with one attached hydrogen (secondary N) is 5. The number of allylic oxidation sites excluding steroid dienone is 5. The molecule has 4 atom stereocenters. The van der Waals surface area contributed by atoms with Gasteiger partial charge in [-0.25, -0.2) is 17.9 Å². The molecule has 0 spiro atoms. The molecule has 322 valence electrons. The van der Waals surface area contributed by atoms with Gasteiger partial charge in [0.2, 0.25) is 33.5 Å². The van der Waals surface area contributed by atoms with Gasteiger partial charge in [0.05, 0.1) is 24.1 Å². The van der Waals surface area contributed by atoms with Gasteiger partial charge in [0, 0.05) is 13.1 Å². The number of likely N-dealkylation sites (tertiary alicyclic amines) is 1. The highest BCUT2D eigenvalue weighted by Gasteiger charge is 2.45. The maximum Gasteiger partial charge on any atom is 0.407 e. The van der Waals surface area contributed by atoms with Crippen molar-refractivity contribution in [3.8, 4) is 0 Å². The Morgan fingerprint density at radius 3 is 2.31 bits per heavy atom. The molecule has 0 radical (unpaired) electrons. The van der Waals surface area contributed by atoms with E-state index < -0.39 is 82.0 Å². The maximum absolute atomic E-state index is 14.6. The molecule has 0 aromatic heterocycles. The summed E-state index contributed by atoms with van der Waals surface area (Å²) >= 11 is 0. The zero-order valence-corrected chi connectivity index (χ0v) is 34.7. The highest BCUT2D eigenvalue weighted by molar-refractivity contribution is 7.89. The molecule has 1 unspecified atom stereocenters. The van der Waals surface area contributed by atoms with E-state index in [2.05, 4.69) is 26.0 Å². The number of ether oxygens (including phenoxy) is 1. The van der Waals surface area contributed by atoms with Crippen LogP contribution in [0.4, 0.5) is 4.79 Å². The number of ketones is 1. The van der Waals surface area contributed by atoms with Crippen LogP contribution in [0, 0.1) is 17.8 Å². The topological polar surface area (TPSA) is 252 Å². The summed E-state index contributed by atoms with van der Waals surface area (Å²) in [5, 5.41) is 10.0. The lowest BCUT2D eigenvalue weighted by molar-refractivity contribution is -0.143. The van der Waals surface area contributed by atoms with Crippen molar-refractivity contribution < 1.29 is 46.7 Å². The van der Waals surface area contributed by atoms with Crippen LogP contribution < -0.4 is 31.7 Å². The summed E-state index contributed by atoms with van der Waals surface area (Å²) in [6, 6.07) is 4.17. The fourth-order valence-corrected chi connectivity index (χ4v) is 8.46. The molecule has 3 aliphatic rings. The third-order valence-electron chi connectivity index (χ3n) is 10.4. The van der Waals surface area contributed by atoms with E-state index >= 15 is 0 Å². The van der Waals surface area contributed by atoms with Crippen molar-refractivity contribution in [3.05, 3.63) is 65.9 Å². The van der Waals surface area contributed by atoms with Crippen LogP contribution in [-0.2, 0) is 43.5 Å². The molecule has 1 heterocycles. The predicted octanol–water partition coefficient (Wildman–Crippen LogP) is 1.86. The van der Waals surface area contributed by atoms with Crippen LogP contribution in [0.3, 0.4) is 0 Å². The third-order valence-corrected chi connectivity index (χ3v) is 11.8. The predicted molar refractivity (Wildman–Crippen MR) is 217 cm³/mol. The normalized spacial score (nSPS) is 20.0. The Hall–Kier alpha value is -5.36. The van der Waals surface area contributed by atoms with Crippen molar-refractivity contribution in [2.24, 2.45) is 23.5 Å². The molecule has 1 saturated heterocycles.